The van der Waals surface area contributed by atoms with E-state index in [1.54, 1.807) is 59.1 Å². The largest absolute Gasteiger partial charge is 0.444 e. The van der Waals surface area contributed by atoms with Gasteiger partial charge in [0.1, 0.15) is 23.3 Å². The number of halogens is 3. The van der Waals surface area contributed by atoms with Crippen molar-refractivity contribution in [3.8, 4) is 5.69 Å². The highest BCUT2D eigenvalue weighted by Gasteiger charge is 2.25. The summed E-state index contributed by atoms with van der Waals surface area (Å²) in [6.07, 6.45) is 3.59. The molecule has 3 rings (SSSR count). The predicted molar refractivity (Wildman–Crippen MR) is 147 cm³/mol. The van der Waals surface area contributed by atoms with Crippen LogP contribution in [0.1, 0.15) is 49.7 Å². The number of hydrogen-bond donors (Lipinski definition) is 2. The number of nitrogen functional groups attached to an aromatic ring is 1. The van der Waals surface area contributed by atoms with Gasteiger partial charge in [0.15, 0.2) is 0 Å². The molecule has 0 unspecified atom stereocenters. The molecule has 196 valence electrons. The van der Waals surface area contributed by atoms with Crippen LogP contribution in [0.4, 0.5) is 16.3 Å². The van der Waals surface area contributed by atoms with E-state index in [1.165, 1.54) is 11.1 Å². The van der Waals surface area contributed by atoms with Gasteiger partial charge in [0, 0.05) is 17.7 Å². The summed E-state index contributed by atoms with van der Waals surface area (Å²) >= 11 is 15.9. The molecule has 1 aromatic carbocycles. The molecule has 3 N–H and O–H groups in total. The first-order valence-electron chi connectivity index (χ1n) is 10.9. The quantitative estimate of drug-likeness (QED) is 0.391. The van der Waals surface area contributed by atoms with Crippen LogP contribution in [0, 0.1) is 0 Å². The summed E-state index contributed by atoms with van der Waals surface area (Å²) in [4.78, 5) is 48.3. The summed E-state index contributed by atoms with van der Waals surface area (Å²) in [5, 5.41) is 2.95. The van der Waals surface area contributed by atoms with E-state index in [9.17, 15) is 14.4 Å². The Labute approximate surface area is 231 Å². The lowest BCUT2D eigenvalue weighted by Gasteiger charge is -2.29. The minimum Gasteiger partial charge on any atom is -0.444 e. The van der Waals surface area contributed by atoms with Crippen molar-refractivity contribution in [2.24, 2.45) is 0 Å². The summed E-state index contributed by atoms with van der Waals surface area (Å²) in [6.45, 7) is 7.11. The average molecular weight is 612 g/mol. The number of pyridine rings is 1. The lowest BCUT2D eigenvalue weighted by Crippen LogP contribution is -2.35. The van der Waals surface area contributed by atoms with E-state index in [4.69, 9.17) is 33.7 Å². The molecule has 1 atom stereocenters. The molecule has 2 heterocycles. The fourth-order valence-electron chi connectivity index (χ4n) is 3.27. The second-order valence-electron chi connectivity index (χ2n) is 9.13. The number of carbonyl (C=O) groups is 2. The van der Waals surface area contributed by atoms with Gasteiger partial charge in [0.2, 0.25) is 0 Å². The number of carbonyl (C=O) groups excluding carboxylic acids is 2. The Morgan fingerprint density at radius 2 is 1.81 bits per heavy atom. The highest BCUT2D eigenvalue weighted by atomic mass is 79.9. The van der Waals surface area contributed by atoms with Gasteiger partial charge in [-0.2, -0.15) is 0 Å². The highest BCUT2D eigenvalue weighted by Crippen LogP contribution is 2.31. The average Bonchev–Trinajstić information content (AvgIpc) is 2.78. The van der Waals surface area contributed by atoms with Crippen molar-refractivity contribution < 1.29 is 14.3 Å². The second kappa shape index (κ2) is 11.1. The van der Waals surface area contributed by atoms with Gasteiger partial charge in [-0.3, -0.25) is 19.1 Å². The first-order valence-corrected chi connectivity index (χ1v) is 12.5. The molecule has 0 bridgehead atoms. The van der Waals surface area contributed by atoms with Crippen molar-refractivity contribution in [1.82, 2.24) is 19.4 Å². The van der Waals surface area contributed by atoms with Crippen LogP contribution < -0.4 is 16.6 Å². The lowest BCUT2D eigenvalue weighted by atomic mass is 10.1. The minimum atomic E-state index is -0.805. The number of hydrogen-bond acceptors (Lipinski definition) is 7. The van der Waals surface area contributed by atoms with Crippen LogP contribution in [0.3, 0.4) is 0 Å². The normalized spacial score (nSPS) is 12.1. The van der Waals surface area contributed by atoms with Crippen LogP contribution in [0.15, 0.2) is 46.2 Å². The van der Waals surface area contributed by atoms with E-state index < -0.39 is 34.8 Å². The molecule has 13 heteroatoms. The summed E-state index contributed by atoms with van der Waals surface area (Å²) in [5.41, 5.74) is 5.13. The Balaban J connectivity index is 1.90. The molecule has 2 amide bonds. The van der Waals surface area contributed by atoms with Crippen LogP contribution in [0.2, 0.25) is 10.0 Å². The van der Waals surface area contributed by atoms with Gasteiger partial charge in [-0.25, -0.2) is 9.78 Å². The molecule has 0 aliphatic heterocycles. The van der Waals surface area contributed by atoms with Crippen molar-refractivity contribution in [2.45, 2.75) is 39.3 Å². The zero-order valence-electron chi connectivity index (χ0n) is 20.7. The van der Waals surface area contributed by atoms with Gasteiger partial charge in [0.25, 0.3) is 11.5 Å². The molecule has 0 saturated heterocycles. The SMILES string of the molecule is C[C@H](c1cncc(NC(=O)c2c(N)ncn(-c3c(Cl)cc(Br)cc3Cl)c2=O)c1)N(C)C(=O)OC(C)(C)C. The predicted octanol–water partition coefficient (Wildman–Crippen LogP) is 5.46. The summed E-state index contributed by atoms with van der Waals surface area (Å²) in [5.74, 6) is -1.08. The van der Waals surface area contributed by atoms with Gasteiger partial charge in [-0.1, -0.05) is 39.1 Å². The number of anilines is 2. The van der Waals surface area contributed by atoms with Gasteiger partial charge in [-0.15, -0.1) is 0 Å². The number of nitrogens with zero attached hydrogens (tertiary/aromatic N) is 4. The van der Waals surface area contributed by atoms with Crippen molar-refractivity contribution in [3.05, 3.63) is 72.9 Å². The second-order valence-corrected chi connectivity index (χ2v) is 10.9. The molecule has 0 spiro atoms. The number of aromatic nitrogens is 3. The molecular formula is C24H25BrCl2N6O4. The zero-order chi connectivity index (χ0) is 27.7. The third-order valence-electron chi connectivity index (χ3n) is 5.21. The van der Waals surface area contributed by atoms with E-state index in [0.717, 1.165) is 10.9 Å². The molecule has 0 saturated carbocycles. The fraction of sp³-hybridized carbons (Fsp3) is 0.292. The van der Waals surface area contributed by atoms with Crippen LogP contribution in [0.5, 0.6) is 0 Å². The van der Waals surface area contributed by atoms with E-state index in [1.807, 2.05) is 0 Å². The third-order valence-corrected chi connectivity index (χ3v) is 6.25. The summed E-state index contributed by atoms with van der Waals surface area (Å²) in [7, 11) is 1.60. The molecule has 2 aromatic heterocycles. The van der Waals surface area contributed by atoms with Crippen LogP contribution in [-0.4, -0.2) is 44.1 Å². The van der Waals surface area contributed by atoms with Gasteiger partial charge in [-0.05, 0) is 51.5 Å². The number of amides is 2. The third kappa shape index (κ3) is 6.60. The minimum absolute atomic E-state index is 0.153. The maximum atomic E-state index is 13.2. The Morgan fingerprint density at radius 1 is 1.19 bits per heavy atom. The number of rotatable bonds is 5. The standard InChI is InChI=1S/C24H25BrCl2N6O4/c1-12(32(5)23(36)37-24(2,3)4)13-6-15(10-29-9-13)31-21(34)18-20(28)30-11-33(22(18)35)19-16(26)7-14(25)8-17(19)27/h6-12H,28H2,1-5H3,(H,31,34)/t12-/m1/s1. The van der Waals surface area contributed by atoms with Gasteiger partial charge >= 0.3 is 6.09 Å². The molecule has 0 radical (unpaired) electrons. The van der Waals surface area contributed by atoms with Crippen LogP contribution >= 0.6 is 39.1 Å². The smallest absolute Gasteiger partial charge is 0.410 e. The number of nitrogens with two attached hydrogens (primary N) is 1. The monoisotopic (exact) mass is 610 g/mol. The zero-order valence-corrected chi connectivity index (χ0v) is 23.8. The summed E-state index contributed by atoms with van der Waals surface area (Å²) in [6, 6.07) is 4.31. The fourth-order valence-corrected chi connectivity index (χ4v) is 4.66. The lowest BCUT2D eigenvalue weighted by molar-refractivity contribution is 0.0233. The van der Waals surface area contributed by atoms with E-state index in [2.05, 4.69) is 31.2 Å². The number of nitrogens with one attached hydrogen (secondary N) is 1. The Hall–Kier alpha value is -3.15. The molecule has 3 aromatic rings. The molecule has 0 aliphatic rings. The number of ether oxygens (including phenoxy) is 1. The van der Waals surface area contributed by atoms with E-state index in [-0.39, 0.29) is 27.2 Å². The van der Waals surface area contributed by atoms with Crippen LogP contribution in [0.25, 0.3) is 5.69 Å². The van der Waals surface area contributed by atoms with Crippen molar-refractivity contribution in [1.29, 1.82) is 0 Å². The Morgan fingerprint density at radius 3 is 2.41 bits per heavy atom. The van der Waals surface area contributed by atoms with E-state index in [0.29, 0.717) is 10.0 Å². The summed E-state index contributed by atoms with van der Waals surface area (Å²) < 4.78 is 7.07. The van der Waals surface area contributed by atoms with Gasteiger partial charge < -0.3 is 20.7 Å². The van der Waals surface area contributed by atoms with Crippen molar-refractivity contribution in [2.75, 3.05) is 18.1 Å². The molecule has 37 heavy (non-hydrogen) atoms. The molecule has 0 aliphatic carbocycles. The molecular weight excluding hydrogens is 587 g/mol. The van der Waals surface area contributed by atoms with Crippen molar-refractivity contribution >= 4 is 62.6 Å². The van der Waals surface area contributed by atoms with Gasteiger partial charge in [0.05, 0.1) is 33.7 Å². The Kier molecular flexibility index (Phi) is 8.51. The number of benzene rings is 1. The maximum absolute atomic E-state index is 13.2. The van der Waals surface area contributed by atoms with Crippen molar-refractivity contribution in [3.63, 3.8) is 0 Å². The topological polar surface area (TPSA) is 132 Å². The highest BCUT2D eigenvalue weighted by molar-refractivity contribution is 9.10. The molecule has 0 fully saturated rings. The van der Waals surface area contributed by atoms with Crippen LogP contribution in [-0.2, 0) is 4.74 Å². The van der Waals surface area contributed by atoms with E-state index >= 15 is 0 Å². The molecule has 10 nitrogen and oxygen atoms in total. The first kappa shape index (κ1) is 28.4. The Bertz CT molecular complexity index is 1400. The first-order chi connectivity index (χ1) is 17.2. The maximum Gasteiger partial charge on any atom is 0.410 e.